The predicted molar refractivity (Wildman–Crippen MR) is 80.1 cm³/mol. The highest BCUT2D eigenvalue weighted by molar-refractivity contribution is 7.24. The summed E-state index contributed by atoms with van der Waals surface area (Å²) >= 11 is 7.89. The van der Waals surface area contributed by atoms with Gasteiger partial charge in [0.1, 0.15) is 0 Å². The molecule has 0 radical (unpaired) electrons. The molecule has 18 heavy (non-hydrogen) atoms. The Kier molecular flexibility index (Phi) is 2.65. The average molecular weight is 275 g/mol. The lowest BCUT2D eigenvalue weighted by Gasteiger charge is -2.08. The highest BCUT2D eigenvalue weighted by Gasteiger charge is 2.11. The summed E-state index contributed by atoms with van der Waals surface area (Å²) in [7, 11) is 0. The molecular formula is C15H11ClOS. The first-order chi connectivity index (χ1) is 8.59. The minimum Gasteiger partial charge on any atom is -0.288 e. The molecular weight excluding hydrogens is 264 g/mol. The molecule has 1 aromatic heterocycles. The Morgan fingerprint density at radius 3 is 2.61 bits per heavy atom. The van der Waals surface area contributed by atoms with E-state index in [1.165, 1.54) is 0 Å². The molecule has 0 amide bonds. The van der Waals surface area contributed by atoms with Crippen molar-refractivity contribution in [1.29, 1.82) is 0 Å². The van der Waals surface area contributed by atoms with Gasteiger partial charge in [0.05, 0.1) is 0 Å². The Morgan fingerprint density at radius 1 is 1.11 bits per heavy atom. The topological polar surface area (TPSA) is 17.1 Å². The van der Waals surface area contributed by atoms with Crippen molar-refractivity contribution in [2.45, 2.75) is 13.8 Å². The SMILES string of the molecule is Cc1cc2sc3ccccc3c(=O)c2c(C)c1Cl. The zero-order chi connectivity index (χ0) is 12.9. The van der Waals surface area contributed by atoms with Gasteiger partial charge in [-0.3, -0.25) is 4.79 Å². The second-order valence-corrected chi connectivity index (χ2v) is 5.89. The Bertz CT molecular complexity index is 833. The monoisotopic (exact) mass is 274 g/mol. The van der Waals surface area contributed by atoms with Crippen molar-refractivity contribution in [3.05, 3.63) is 56.7 Å². The summed E-state index contributed by atoms with van der Waals surface area (Å²) in [6, 6.07) is 9.72. The van der Waals surface area contributed by atoms with Gasteiger partial charge in [-0.05, 0) is 43.2 Å². The van der Waals surface area contributed by atoms with Crippen LogP contribution in [-0.2, 0) is 0 Å². The van der Waals surface area contributed by atoms with Crippen molar-refractivity contribution < 1.29 is 0 Å². The van der Waals surface area contributed by atoms with E-state index in [9.17, 15) is 4.79 Å². The molecule has 0 spiro atoms. The summed E-state index contributed by atoms with van der Waals surface area (Å²) < 4.78 is 2.04. The van der Waals surface area contributed by atoms with Gasteiger partial charge in [0.25, 0.3) is 0 Å². The molecule has 1 nitrogen and oxygen atoms in total. The van der Waals surface area contributed by atoms with Gasteiger partial charge in [-0.25, -0.2) is 0 Å². The normalized spacial score (nSPS) is 11.3. The first-order valence-electron chi connectivity index (χ1n) is 5.71. The van der Waals surface area contributed by atoms with Crippen molar-refractivity contribution in [3.63, 3.8) is 0 Å². The van der Waals surface area contributed by atoms with Crippen LogP contribution in [0.15, 0.2) is 35.1 Å². The third-order valence-corrected chi connectivity index (χ3v) is 4.92. The standard InChI is InChI=1S/C15H11ClOS/c1-8-7-12-13(9(2)14(8)16)15(17)10-5-3-4-6-11(10)18-12/h3-7H,1-2H3. The molecule has 0 unspecified atom stereocenters. The van der Waals surface area contributed by atoms with E-state index in [1.807, 2.05) is 44.2 Å². The zero-order valence-electron chi connectivity index (χ0n) is 10.1. The number of hydrogen-bond acceptors (Lipinski definition) is 2. The lowest BCUT2D eigenvalue weighted by molar-refractivity contribution is 1.43. The van der Waals surface area contributed by atoms with Crippen LogP contribution < -0.4 is 5.43 Å². The average Bonchev–Trinajstić information content (AvgIpc) is 2.36. The van der Waals surface area contributed by atoms with Crippen molar-refractivity contribution in [2.24, 2.45) is 0 Å². The van der Waals surface area contributed by atoms with E-state index in [0.717, 1.165) is 31.3 Å². The number of aryl methyl sites for hydroxylation is 2. The summed E-state index contributed by atoms with van der Waals surface area (Å²) in [5.41, 5.74) is 1.99. The third kappa shape index (κ3) is 1.57. The van der Waals surface area contributed by atoms with Gasteiger partial charge in [-0.15, -0.1) is 11.3 Å². The minimum absolute atomic E-state index is 0.0822. The van der Waals surface area contributed by atoms with E-state index >= 15 is 0 Å². The van der Waals surface area contributed by atoms with Gasteiger partial charge >= 0.3 is 0 Å². The first-order valence-corrected chi connectivity index (χ1v) is 6.90. The molecule has 0 saturated carbocycles. The number of halogens is 1. The van der Waals surface area contributed by atoms with Crippen LogP contribution in [0.3, 0.4) is 0 Å². The molecule has 1 heterocycles. The van der Waals surface area contributed by atoms with E-state index in [2.05, 4.69) is 0 Å². The predicted octanol–water partition coefficient (Wildman–Crippen LogP) is 4.68. The largest absolute Gasteiger partial charge is 0.288 e. The molecule has 0 N–H and O–H groups in total. The van der Waals surface area contributed by atoms with E-state index in [1.54, 1.807) is 11.3 Å². The van der Waals surface area contributed by atoms with Gasteiger partial charge in [0.2, 0.25) is 0 Å². The second kappa shape index (κ2) is 4.08. The van der Waals surface area contributed by atoms with Crippen molar-refractivity contribution in [1.82, 2.24) is 0 Å². The van der Waals surface area contributed by atoms with Crippen molar-refractivity contribution in [3.8, 4) is 0 Å². The number of fused-ring (bicyclic) bond motifs is 2. The number of benzene rings is 2. The van der Waals surface area contributed by atoms with Gasteiger partial charge < -0.3 is 0 Å². The van der Waals surface area contributed by atoms with Crippen LogP contribution in [0.1, 0.15) is 11.1 Å². The van der Waals surface area contributed by atoms with E-state index in [-0.39, 0.29) is 5.43 Å². The lowest BCUT2D eigenvalue weighted by atomic mass is 10.1. The lowest BCUT2D eigenvalue weighted by Crippen LogP contribution is -2.03. The smallest absolute Gasteiger partial charge is 0.196 e. The molecule has 0 bridgehead atoms. The van der Waals surface area contributed by atoms with Crippen molar-refractivity contribution in [2.75, 3.05) is 0 Å². The zero-order valence-corrected chi connectivity index (χ0v) is 11.7. The number of hydrogen-bond donors (Lipinski definition) is 0. The first kappa shape index (κ1) is 11.7. The Morgan fingerprint density at radius 2 is 1.83 bits per heavy atom. The molecule has 3 aromatic rings. The summed E-state index contributed by atoms with van der Waals surface area (Å²) in [5, 5.41) is 2.23. The molecule has 3 rings (SSSR count). The third-order valence-electron chi connectivity index (χ3n) is 3.22. The van der Waals surface area contributed by atoms with Crippen LogP contribution in [0.5, 0.6) is 0 Å². The quantitative estimate of drug-likeness (QED) is 0.544. The van der Waals surface area contributed by atoms with Gasteiger partial charge in [-0.1, -0.05) is 23.7 Å². The van der Waals surface area contributed by atoms with Gasteiger partial charge in [0, 0.05) is 25.2 Å². The maximum absolute atomic E-state index is 12.5. The molecule has 0 aliphatic heterocycles. The van der Waals surface area contributed by atoms with Crippen LogP contribution in [0, 0.1) is 13.8 Å². The molecule has 0 aliphatic rings. The van der Waals surface area contributed by atoms with E-state index < -0.39 is 0 Å². The summed E-state index contributed by atoms with van der Waals surface area (Å²) in [5.74, 6) is 0. The fourth-order valence-corrected chi connectivity index (χ4v) is 3.67. The summed E-state index contributed by atoms with van der Waals surface area (Å²) in [6.07, 6.45) is 0. The molecule has 2 aromatic carbocycles. The molecule has 90 valence electrons. The van der Waals surface area contributed by atoms with Gasteiger partial charge in [-0.2, -0.15) is 0 Å². The van der Waals surface area contributed by atoms with E-state index in [0.29, 0.717) is 5.02 Å². The number of rotatable bonds is 0. The van der Waals surface area contributed by atoms with Crippen LogP contribution >= 0.6 is 22.9 Å². The molecule has 0 atom stereocenters. The minimum atomic E-state index is 0.0822. The van der Waals surface area contributed by atoms with E-state index in [4.69, 9.17) is 11.6 Å². The van der Waals surface area contributed by atoms with Crippen LogP contribution in [-0.4, -0.2) is 0 Å². The van der Waals surface area contributed by atoms with Crippen LogP contribution in [0.2, 0.25) is 5.02 Å². The highest BCUT2D eigenvalue weighted by Crippen LogP contribution is 2.32. The fraction of sp³-hybridized carbons (Fsp3) is 0.133. The summed E-state index contributed by atoms with van der Waals surface area (Å²) in [4.78, 5) is 12.5. The maximum atomic E-state index is 12.5. The van der Waals surface area contributed by atoms with Crippen molar-refractivity contribution >= 4 is 43.1 Å². The Hall–Kier alpha value is -1.38. The van der Waals surface area contributed by atoms with Crippen LogP contribution in [0.4, 0.5) is 0 Å². The molecule has 0 fully saturated rings. The summed E-state index contributed by atoms with van der Waals surface area (Å²) in [6.45, 7) is 3.89. The fourth-order valence-electron chi connectivity index (χ4n) is 2.28. The molecule has 3 heteroatoms. The molecule has 0 saturated heterocycles. The van der Waals surface area contributed by atoms with Gasteiger partial charge in [0.15, 0.2) is 5.43 Å². The Balaban J connectivity index is 2.65. The highest BCUT2D eigenvalue weighted by atomic mass is 35.5. The second-order valence-electron chi connectivity index (χ2n) is 4.43. The van der Waals surface area contributed by atoms with Crippen LogP contribution in [0.25, 0.3) is 20.2 Å². The molecule has 0 aliphatic carbocycles. The Labute approximate surface area is 114 Å². The maximum Gasteiger partial charge on any atom is 0.196 e.